The maximum Gasteiger partial charge on any atom is 0.450 e. The van der Waals surface area contributed by atoms with Gasteiger partial charge in [-0.2, -0.15) is 13.2 Å². The summed E-state index contributed by atoms with van der Waals surface area (Å²) in [6, 6.07) is 12.1. The van der Waals surface area contributed by atoms with E-state index < -0.39 is 24.2 Å². The quantitative estimate of drug-likeness (QED) is 0.395. The van der Waals surface area contributed by atoms with Gasteiger partial charge in [-0.15, -0.1) is 0 Å². The Bertz CT molecular complexity index is 843. The summed E-state index contributed by atoms with van der Waals surface area (Å²) in [6.45, 7) is 0.934. The number of pyridine rings is 2. The first-order valence-electron chi connectivity index (χ1n) is 6.97. The third-order valence-corrected chi connectivity index (χ3v) is 3.08. The second-order valence-electron chi connectivity index (χ2n) is 5.01. The molecular formula is C17H13ErF3N2O2. The van der Waals surface area contributed by atoms with Gasteiger partial charge in [0, 0.05) is 60.5 Å². The van der Waals surface area contributed by atoms with Crippen LogP contribution in [-0.2, 0) is 9.59 Å². The predicted molar refractivity (Wildman–Crippen MR) is 83.4 cm³/mol. The molecule has 136 valence electrons. The van der Waals surface area contributed by atoms with Crippen molar-refractivity contribution in [3.05, 3.63) is 48.8 Å². The van der Waals surface area contributed by atoms with Gasteiger partial charge in [0.2, 0.25) is 5.78 Å². The molecule has 0 amide bonds. The molecule has 0 aliphatic heterocycles. The molecule has 1 aromatic carbocycles. The molecule has 0 saturated carbocycles. The Morgan fingerprint density at radius 3 is 2.24 bits per heavy atom. The summed E-state index contributed by atoms with van der Waals surface area (Å²) in [7, 11) is 0. The van der Waals surface area contributed by atoms with Crippen molar-refractivity contribution < 1.29 is 60.1 Å². The third kappa shape index (κ3) is 6.01. The van der Waals surface area contributed by atoms with Crippen molar-refractivity contribution in [1.29, 1.82) is 0 Å². The molecular weight excluding hydrogens is 488 g/mol. The number of nitrogens with zero attached hydrogens (tertiary/aromatic N) is 2. The van der Waals surface area contributed by atoms with Crippen LogP contribution in [0.2, 0.25) is 0 Å². The Labute approximate surface area is 171 Å². The number of carbonyl (C=O) groups excluding carboxylic acids is 2. The van der Waals surface area contributed by atoms with E-state index in [1.807, 2.05) is 24.4 Å². The van der Waals surface area contributed by atoms with E-state index in [9.17, 15) is 22.8 Å². The van der Waals surface area contributed by atoms with E-state index in [2.05, 4.69) is 28.2 Å². The number of Topliss-reactive ketones (excluding diaryl/α,β-unsaturated/α-hetero) is 2. The number of benzene rings is 1. The fraction of sp³-hybridized carbons (Fsp3) is 0.176. The van der Waals surface area contributed by atoms with Crippen LogP contribution in [0.5, 0.6) is 0 Å². The second kappa shape index (κ2) is 9.21. The first-order valence-corrected chi connectivity index (χ1v) is 6.97. The van der Waals surface area contributed by atoms with Gasteiger partial charge in [0.25, 0.3) is 0 Å². The maximum atomic E-state index is 11.3. The Hall–Kier alpha value is -1.58. The minimum absolute atomic E-state index is 0. The zero-order chi connectivity index (χ0) is 17.7. The topological polar surface area (TPSA) is 59.9 Å². The molecule has 4 nitrogen and oxygen atoms in total. The molecule has 0 aliphatic carbocycles. The number of carbonyl (C=O) groups is 2. The average molecular weight is 502 g/mol. The third-order valence-electron chi connectivity index (χ3n) is 3.08. The molecule has 2 aromatic heterocycles. The Kier molecular flexibility index (Phi) is 7.90. The normalized spacial score (nSPS) is 10.6. The number of aromatic nitrogens is 2. The molecule has 0 saturated heterocycles. The molecule has 3 aromatic rings. The van der Waals surface area contributed by atoms with Crippen LogP contribution in [0.25, 0.3) is 21.8 Å². The summed E-state index contributed by atoms with van der Waals surface area (Å²) < 4.78 is 33.9. The van der Waals surface area contributed by atoms with Crippen LogP contribution < -0.4 is 0 Å². The summed E-state index contributed by atoms with van der Waals surface area (Å²) in [5, 5.41) is 2.28. The number of halogens is 3. The minimum Gasteiger partial charge on any atom is -0.300 e. The molecule has 2 heterocycles. The molecule has 0 radical (unpaired) electrons. The van der Waals surface area contributed by atoms with Crippen molar-refractivity contribution in [2.75, 3.05) is 0 Å². The fourth-order valence-corrected chi connectivity index (χ4v) is 2.02. The second-order valence-corrected chi connectivity index (χ2v) is 5.01. The van der Waals surface area contributed by atoms with Crippen molar-refractivity contribution >= 4 is 33.4 Å². The molecule has 0 N–H and O–H groups in total. The van der Waals surface area contributed by atoms with Crippen LogP contribution in [0.3, 0.4) is 0 Å². The van der Waals surface area contributed by atoms with Crippen molar-refractivity contribution in [3.8, 4) is 0 Å². The molecule has 0 unspecified atom stereocenters. The van der Waals surface area contributed by atoms with E-state index in [0.717, 1.165) is 28.7 Å². The Morgan fingerprint density at radius 2 is 1.64 bits per heavy atom. The van der Waals surface area contributed by atoms with Crippen LogP contribution >= 0.6 is 0 Å². The zero-order valence-electron chi connectivity index (χ0n) is 13.0. The summed E-state index contributed by atoms with van der Waals surface area (Å²) in [6.07, 6.45) is -2.30. The molecule has 0 bridgehead atoms. The standard InChI is InChI=1S/C12H8N2.C5H5F3O2.Er/c1-3-9-5-6-11-10(4-2-7-13-11)12(9)14-8-1;1-3(9)2-4(10)5(6,7)8;/h1-8H;2H2,1H3;. The molecule has 25 heavy (non-hydrogen) atoms. The van der Waals surface area contributed by atoms with Gasteiger partial charge in [-0.05, 0) is 31.2 Å². The number of ketones is 2. The van der Waals surface area contributed by atoms with Crippen LogP contribution in [0.15, 0.2) is 48.8 Å². The van der Waals surface area contributed by atoms with E-state index in [1.54, 1.807) is 6.20 Å². The summed E-state index contributed by atoms with van der Waals surface area (Å²) >= 11 is 0. The Balaban J connectivity index is 0.000000257. The summed E-state index contributed by atoms with van der Waals surface area (Å²) in [5.74, 6) is -2.76. The van der Waals surface area contributed by atoms with Crippen LogP contribution in [0.1, 0.15) is 13.3 Å². The van der Waals surface area contributed by atoms with Gasteiger partial charge in [0.15, 0.2) is 0 Å². The van der Waals surface area contributed by atoms with Crippen LogP contribution in [0.4, 0.5) is 13.2 Å². The monoisotopic (exact) mass is 500 g/mol. The van der Waals surface area contributed by atoms with Gasteiger partial charge < -0.3 is 0 Å². The van der Waals surface area contributed by atoms with E-state index in [1.165, 1.54) is 0 Å². The molecule has 0 aliphatic rings. The van der Waals surface area contributed by atoms with Gasteiger partial charge in [0.1, 0.15) is 5.78 Å². The largest absolute Gasteiger partial charge is 0.450 e. The summed E-state index contributed by atoms with van der Waals surface area (Å²) in [5.41, 5.74) is 2.02. The van der Waals surface area contributed by atoms with Gasteiger partial charge in [-0.3, -0.25) is 19.6 Å². The van der Waals surface area contributed by atoms with Crippen molar-refractivity contribution in [2.24, 2.45) is 0 Å². The SMILES string of the molecule is CC(=O)CC(=O)C(F)(F)F.[Er].c1cnc2c(c1)ccc1ncccc12. The van der Waals surface area contributed by atoms with Crippen molar-refractivity contribution in [3.63, 3.8) is 0 Å². The molecule has 0 fully saturated rings. The van der Waals surface area contributed by atoms with E-state index >= 15 is 0 Å². The molecule has 0 spiro atoms. The fourth-order valence-electron chi connectivity index (χ4n) is 2.02. The van der Waals surface area contributed by atoms with E-state index in [0.29, 0.717) is 0 Å². The van der Waals surface area contributed by atoms with Crippen LogP contribution in [0, 0.1) is 37.3 Å². The number of alkyl halides is 3. The van der Waals surface area contributed by atoms with E-state index in [4.69, 9.17) is 0 Å². The predicted octanol–water partition coefficient (Wildman–Crippen LogP) is 3.88. The van der Waals surface area contributed by atoms with E-state index in [-0.39, 0.29) is 37.3 Å². The van der Waals surface area contributed by atoms with Crippen molar-refractivity contribution in [2.45, 2.75) is 19.5 Å². The summed E-state index contributed by atoms with van der Waals surface area (Å²) in [4.78, 5) is 28.6. The molecule has 8 heteroatoms. The Morgan fingerprint density at radius 1 is 1.00 bits per heavy atom. The molecule has 0 atom stereocenters. The molecule has 3 rings (SSSR count). The maximum absolute atomic E-state index is 11.3. The smallest absolute Gasteiger partial charge is 0.300 e. The van der Waals surface area contributed by atoms with Crippen molar-refractivity contribution in [1.82, 2.24) is 9.97 Å². The average Bonchev–Trinajstić information content (AvgIpc) is 2.54. The minimum atomic E-state index is -4.87. The van der Waals surface area contributed by atoms with Crippen LogP contribution in [-0.4, -0.2) is 27.7 Å². The van der Waals surface area contributed by atoms with Gasteiger partial charge in [-0.1, -0.05) is 12.1 Å². The first kappa shape index (κ1) is 21.5. The number of hydrogen-bond donors (Lipinski definition) is 0. The van der Waals surface area contributed by atoms with Gasteiger partial charge in [-0.25, -0.2) is 0 Å². The first-order chi connectivity index (χ1) is 11.3. The number of hydrogen-bond acceptors (Lipinski definition) is 4. The van der Waals surface area contributed by atoms with Gasteiger partial charge >= 0.3 is 6.18 Å². The van der Waals surface area contributed by atoms with Gasteiger partial charge in [0.05, 0.1) is 17.5 Å². The zero-order valence-corrected chi connectivity index (χ0v) is 14.8. The number of fused-ring (bicyclic) bond motifs is 3. The number of rotatable bonds is 2.